The van der Waals surface area contributed by atoms with Gasteiger partial charge < -0.3 is 9.73 Å². The fourth-order valence-corrected chi connectivity index (χ4v) is 3.12. The molecule has 1 heterocycles. The van der Waals surface area contributed by atoms with Crippen LogP contribution in [0.5, 0.6) is 0 Å². The van der Waals surface area contributed by atoms with E-state index in [1.54, 1.807) is 0 Å². The van der Waals surface area contributed by atoms with Crippen molar-refractivity contribution in [2.24, 2.45) is 5.92 Å². The lowest BCUT2D eigenvalue weighted by Gasteiger charge is -2.21. The van der Waals surface area contributed by atoms with E-state index in [2.05, 4.69) is 5.32 Å². The number of nitro benzene ring substituents is 1. The molecule has 2 aromatic rings. The number of benzene rings is 1. The highest BCUT2D eigenvalue weighted by atomic mass is 16.6. The first kappa shape index (κ1) is 16.2. The lowest BCUT2D eigenvalue weighted by atomic mass is 9.89. The molecule has 0 radical (unpaired) electrons. The first-order chi connectivity index (χ1) is 11.5. The fraction of sp³-hybridized carbons (Fsp3) is 0.412. The fourth-order valence-electron chi connectivity index (χ4n) is 3.12. The minimum Gasteiger partial charge on any atom is -0.417 e. The van der Waals surface area contributed by atoms with Crippen LogP contribution in [0.1, 0.15) is 42.7 Å². The van der Waals surface area contributed by atoms with Gasteiger partial charge in [-0.15, -0.1) is 0 Å². The van der Waals surface area contributed by atoms with Crippen molar-refractivity contribution < 1.29 is 14.1 Å². The van der Waals surface area contributed by atoms with Crippen LogP contribution < -0.4 is 10.9 Å². The molecule has 3 rings (SSSR count). The maximum absolute atomic E-state index is 12.2. The first-order valence-electron chi connectivity index (χ1n) is 8.05. The third-order valence-electron chi connectivity index (χ3n) is 4.45. The van der Waals surface area contributed by atoms with Crippen molar-refractivity contribution in [3.63, 3.8) is 0 Å². The molecule has 0 spiro atoms. The van der Waals surface area contributed by atoms with Crippen molar-refractivity contribution in [2.45, 2.75) is 32.1 Å². The summed E-state index contributed by atoms with van der Waals surface area (Å²) < 4.78 is 5.06. The highest BCUT2D eigenvalue weighted by Crippen LogP contribution is 2.23. The molecule has 0 bridgehead atoms. The Kier molecular flexibility index (Phi) is 4.59. The summed E-state index contributed by atoms with van der Waals surface area (Å²) in [5.41, 5.74) is -0.813. The average molecular weight is 330 g/mol. The number of nitrogens with one attached hydrogen (secondary N) is 1. The van der Waals surface area contributed by atoms with E-state index < -0.39 is 16.5 Å². The van der Waals surface area contributed by atoms with Gasteiger partial charge in [0.05, 0.1) is 10.3 Å². The van der Waals surface area contributed by atoms with Gasteiger partial charge in [-0.05, 0) is 36.3 Å². The van der Waals surface area contributed by atoms with Crippen LogP contribution >= 0.6 is 0 Å². The Labute approximate surface area is 137 Å². The van der Waals surface area contributed by atoms with Crippen LogP contribution in [0.2, 0.25) is 0 Å². The number of hydrogen-bond donors (Lipinski definition) is 1. The zero-order chi connectivity index (χ0) is 17.1. The summed E-state index contributed by atoms with van der Waals surface area (Å²) in [6, 6.07) is 5.22. The highest BCUT2D eigenvalue weighted by molar-refractivity contribution is 5.95. The molecular weight excluding hydrogens is 312 g/mol. The molecule has 1 aromatic carbocycles. The van der Waals surface area contributed by atoms with E-state index in [4.69, 9.17) is 4.42 Å². The molecule has 126 valence electrons. The zero-order valence-electron chi connectivity index (χ0n) is 13.1. The number of rotatable bonds is 4. The van der Waals surface area contributed by atoms with Crippen molar-refractivity contribution in [2.75, 3.05) is 6.54 Å². The normalized spacial score (nSPS) is 15.3. The standard InChI is InChI=1S/C17H18N2O5/c20-16(18-10-11-4-2-1-3-5-11)15-9-12-8-13(19(22)23)6-7-14(12)17(21)24-15/h6-9,11H,1-5,10H2,(H,18,20). The summed E-state index contributed by atoms with van der Waals surface area (Å²) in [5, 5.41) is 14.2. The predicted octanol–water partition coefficient (Wildman–Crippen LogP) is 3.01. The van der Waals surface area contributed by atoms with Gasteiger partial charge in [0.15, 0.2) is 5.76 Å². The number of carbonyl (C=O) groups excluding carboxylic acids is 1. The third-order valence-corrected chi connectivity index (χ3v) is 4.45. The molecule has 0 aliphatic heterocycles. The van der Waals surface area contributed by atoms with E-state index in [1.807, 2.05) is 0 Å². The van der Waals surface area contributed by atoms with Crippen LogP contribution in [-0.4, -0.2) is 17.4 Å². The Balaban J connectivity index is 1.81. The predicted molar refractivity (Wildman–Crippen MR) is 88.0 cm³/mol. The molecule has 0 unspecified atom stereocenters. The monoisotopic (exact) mass is 330 g/mol. The third kappa shape index (κ3) is 3.45. The largest absolute Gasteiger partial charge is 0.417 e. The molecule has 7 heteroatoms. The van der Waals surface area contributed by atoms with Crippen LogP contribution in [0.15, 0.2) is 33.5 Å². The van der Waals surface area contributed by atoms with Crippen molar-refractivity contribution in [3.8, 4) is 0 Å². The van der Waals surface area contributed by atoms with Crippen molar-refractivity contribution in [3.05, 3.63) is 50.6 Å². The number of nitro groups is 1. The van der Waals surface area contributed by atoms with E-state index in [0.717, 1.165) is 12.8 Å². The topological polar surface area (TPSA) is 102 Å². The summed E-state index contributed by atoms with van der Waals surface area (Å²) >= 11 is 0. The molecule has 24 heavy (non-hydrogen) atoms. The molecule has 0 atom stereocenters. The zero-order valence-corrected chi connectivity index (χ0v) is 13.1. The number of hydrogen-bond acceptors (Lipinski definition) is 5. The molecule has 1 aromatic heterocycles. The SMILES string of the molecule is O=C(NCC1CCCCC1)c1cc2cc([N+](=O)[O-])ccc2c(=O)o1. The molecule has 1 aliphatic carbocycles. The summed E-state index contributed by atoms with van der Waals surface area (Å²) in [7, 11) is 0. The van der Waals surface area contributed by atoms with Gasteiger partial charge in [0.25, 0.3) is 11.6 Å². The number of nitrogens with zero attached hydrogens (tertiary/aromatic N) is 1. The summed E-state index contributed by atoms with van der Waals surface area (Å²) in [6.07, 6.45) is 5.77. The average Bonchev–Trinajstić information content (AvgIpc) is 2.60. The second-order valence-corrected chi connectivity index (χ2v) is 6.14. The molecule has 1 fully saturated rings. The first-order valence-corrected chi connectivity index (χ1v) is 8.05. The van der Waals surface area contributed by atoms with Crippen molar-refractivity contribution >= 4 is 22.4 Å². The van der Waals surface area contributed by atoms with E-state index in [0.29, 0.717) is 17.8 Å². The Morgan fingerprint density at radius 3 is 2.71 bits per heavy atom. The second-order valence-electron chi connectivity index (χ2n) is 6.14. The van der Waals surface area contributed by atoms with Gasteiger partial charge in [0.2, 0.25) is 0 Å². The number of carbonyl (C=O) groups is 1. The second kappa shape index (κ2) is 6.82. The maximum atomic E-state index is 12.2. The smallest absolute Gasteiger partial charge is 0.344 e. The molecule has 1 N–H and O–H groups in total. The van der Waals surface area contributed by atoms with Gasteiger partial charge in [-0.1, -0.05) is 19.3 Å². The molecule has 1 amide bonds. The minimum absolute atomic E-state index is 0.121. The Morgan fingerprint density at radius 1 is 1.25 bits per heavy atom. The number of fused-ring (bicyclic) bond motifs is 1. The van der Waals surface area contributed by atoms with Crippen LogP contribution in [0.25, 0.3) is 10.8 Å². The van der Waals surface area contributed by atoms with E-state index in [-0.39, 0.29) is 16.8 Å². The Bertz CT molecular complexity index is 836. The van der Waals surface area contributed by atoms with Gasteiger partial charge in [-0.3, -0.25) is 14.9 Å². The van der Waals surface area contributed by atoms with Gasteiger partial charge in [0.1, 0.15) is 0 Å². The van der Waals surface area contributed by atoms with Crippen LogP contribution in [0, 0.1) is 16.0 Å². The van der Waals surface area contributed by atoms with Crippen LogP contribution in [0.4, 0.5) is 5.69 Å². The van der Waals surface area contributed by atoms with E-state index in [9.17, 15) is 19.7 Å². The molecule has 0 saturated heterocycles. The quantitative estimate of drug-likeness (QED) is 0.685. The van der Waals surface area contributed by atoms with Crippen molar-refractivity contribution in [1.82, 2.24) is 5.32 Å². The molecule has 7 nitrogen and oxygen atoms in total. The molecule has 1 aliphatic rings. The molecular formula is C17H18N2O5. The highest BCUT2D eigenvalue weighted by Gasteiger charge is 2.18. The summed E-state index contributed by atoms with van der Waals surface area (Å²) in [4.78, 5) is 34.5. The van der Waals surface area contributed by atoms with Gasteiger partial charge >= 0.3 is 5.63 Å². The maximum Gasteiger partial charge on any atom is 0.344 e. The van der Waals surface area contributed by atoms with Crippen molar-refractivity contribution in [1.29, 1.82) is 0 Å². The number of non-ortho nitro benzene ring substituents is 1. The van der Waals surface area contributed by atoms with Crippen LogP contribution in [0.3, 0.4) is 0 Å². The minimum atomic E-state index is -0.676. The summed E-state index contributed by atoms with van der Waals surface area (Å²) in [5.74, 6) is -0.133. The Morgan fingerprint density at radius 2 is 2.00 bits per heavy atom. The molecule has 1 saturated carbocycles. The van der Waals surface area contributed by atoms with Gasteiger partial charge in [-0.2, -0.15) is 0 Å². The number of amides is 1. The Hall–Kier alpha value is -2.70. The summed E-state index contributed by atoms with van der Waals surface area (Å²) in [6.45, 7) is 0.551. The van der Waals surface area contributed by atoms with Gasteiger partial charge in [-0.25, -0.2) is 4.79 Å². The lowest BCUT2D eigenvalue weighted by molar-refractivity contribution is -0.384. The van der Waals surface area contributed by atoms with Crippen LogP contribution in [-0.2, 0) is 0 Å². The van der Waals surface area contributed by atoms with Gasteiger partial charge in [0, 0.05) is 18.7 Å². The lowest BCUT2D eigenvalue weighted by Crippen LogP contribution is -2.30. The van der Waals surface area contributed by atoms with E-state index in [1.165, 1.54) is 43.5 Å². The van der Waals surface area contributed by atoms with E-state index >= 15 is 0 Å².